The van der Waals surface area contributed by atoms with E-state index in [0.29, 0.717) is 5.41 Å². The molecule has 1 aliphatic heterocycles. The zero-order valence-electron chi connectivity index (χ0n) is 15.3. The van der Waals surface area contributed by atoms with E-state index in [9.17, 15) is 0 Å². The summed E-state index contributed by atoms with van der Waals surface area (Å²) in [6.45, 7) is 12.2. The Hall–Kier alpha value is -2.15. The van der Waals surface area contributed by atoms with Crippen molar-refractivity contribution in [3.63, 3.8) is 0 Å². The van der Waals surface area contributed by atoms with Crippen LogP contribution in [0.15, 0.2) is 47.0 Å². The standard InChI is InChI=1S/C23H25N/c1-14-15(2)22-21-17(13-24-22)7-6-8-19(21)20-11-16(9-10-18(14)20)12-23(3,4)5/h6-11H,12-13H2,1-5H3. The molecular weight excluding hydrogens is 290 g/mol. The molecule has 0 N–H and O–H groups in total. The summed E-state index contributed by atoms with van der Waals surface area (Å²) in [5.74, 6) is 0. The molecule has 1 heterocycles. The summed E-state index contributed by atoms with van der Waals surface area (Å²) >= 11 is 0. The lowest BCUT2D eigenvalue weighted by atomic mass is 9.85. The van der Waals surface area contributed by atoms with Crippen LogP contribution in [0.2, 0.25) is 0 Å². The molecule has 0 aromatic heterocycles. The summed E-state index contributed by atoms with van der Waals surface area (Å²) in [7, 11) is 0. The first-order chi connectivity index (χ1) is 11.3. The van der Waals surface area contributed by atoms with Crippen LogP contribution in [0.1, 0.15) is 56.9 Å². The topological polar surface area (TPSA) is 12.4 Å². The first kappa shape index (κ1) is 15.4. The molecule has 0 fully saturated rings. The van der Waals surface area contributed by atoms with Crippen molar-refractivity contribution in [2.45, 2.75) is 47.6 Å². The maximum Gasteiger partial charge on any atom is 0.0692 e. The van der Waals surface area contributed by atoms with Gasteiger partial charge < -0.3 is 0 Å². The molecule has 0 amide bonds. The molecule has 2 aromatic rings. The van der Waals surface area contributed by atoms with Gasteiger partial charge in [-0.3, -0.25) is 4.99 Å². The van der Waals surface area contributed by atoms with Crippen molar-refractivity contribution in [1.29, 1.82) is 0 Å². The monoisotopic (exact) mass is 315 g/mol. The number of hydrogen-bond donors (Lipinski definition) is 0. The summed E-state index contributed by atoms with van der Waals surface area (Å²) in [6.07, 6.45) is 1.10. The largest absolute Gasteiger partial charge is 0.280 e. The van der Waals surface area contributed by atoms with Crippen LogP contribution in [0.25, 0.3) is 16.7 Å². The lowest BCUT2D eigenvalue weighted by Crippen LogP contribution is -2.09. The van der Waals surface area contributed by atoms with Crippen molar-refractivity contribution < 1.29 is 0 Å². The number of rotatable bonds is 1. The van der Waals surface area contributed by atoms with E-state index in [1.165, 1.54) is 50.2 Å². The normalized spacial score (nSPS) is 15.8. The van der Waals surface area contributed by atoms with Gasteiger partial charge in [-0.2, -0.15) is 0 Å². The Kier molecular flexibility index (Phi) is 3.32. The van der Waals surface area contributed by atoms with Crippen molar-refractivity contribution in [1.82, 2.24) is 0 Å². The molecule has 0 saturated heterocycles. The minimum absolute atomic E-state index is 0.297. The molecule has 24 heavy (non-hydrogen) atoms. The van der Waals surface area contributed by atoms with Crippen molar-refractivity contribution in [2.75, 3.05) is 0 Å². The molecule has 1 aliphatic carbocycles. The third-order valence-electron chi connectivity index (χ3n) is 5.23. The van der Waals surface area contributed by atoms with Crippen molar-refractivity contribution in [3.05, 3.63) is 64.2 Å². The smallest absolute Gasteiger partial charge is 0.0692 e. The van der Waals surface area contributed by atoms with E-state index in [1.54, 1.807) is 0 Å². The molecule has 0 bridgehead atoms. The molecule has 2 aliphatic rings. The second-order valence-electron chi connectivity index (χ2n) is 8.37. The van der Waals surface area contributed by atoms with Crippen LogP contribution in [-0.4, -0.2) is 5.71 Å². The minimum atomic E-state index is 0.297. The molecule has 0 spiro atoms. The molecule has 0 saturated carbocycles. The van der Waals surface area contributed by atoms with Crippen LogP contribution >= 0.6 is 0 Å². The maximum atomic E-state index is 4.85. The molecule has 1 nitrogen and oxygen atoms in total. The van der Waals surface area contributed by atoms with Gasteiger partial charge in [0.15, 0.2) is 0 Å². The average molecular weight is 315 g/mol. The molecule has 0 atom stereocenters. The van der Waals surface area contributed by atoms with Gasteiger partial charge in [-0.05, 0) is 64.6 Å². The molecule has 122 valence electrons. The Bertz CT molecular complexity index is 904. The lowest BCUT2D eigenvalue weighted by Gasteiger charge is -2.20. The Balaban J connectivity index is 1.99. The van der Waals surface area contributed by atoms with Crippen LogP contribution in [0, 0.1) is 5.41 Å². The predicted molar refractivity (Wildman–Crippen MR) is 104 cm³/mol. The van der Waals surface area contributed by atoms with Crippen LogP contribution in [0.3, 0.4) is 0 Å². The molecule has 2 aromatic carbocycles. The fourth-order valence-electron chi connectivity index (χ4n) is 4.03. The molecule has 1 heteroatoms. The molecule has 0 radical (unpaired) electrons. The molecular formula is C23H25N. The first-order valence-electron chi connectivity index (χ1n) is 8.83. The van der Waals surface area contributed by atoms with Crippen LogP contribution in [0.5, 0.6) is 0 Å². The van der Waals surface area contributed by atoms with Crippen LogP contribution in [0.4, 0.5) is 0 Å². The third kappa shape index (κ3) is 2.34. The number of aliphatic imine (C=N–C) groups is 1. The second kappa shape index (κ2) is 5.17. The Labute approximate surface area is 145 Å². The highest BCUT2D eigenvalue weighted by Gasteiger charge is 2.27. The predicted octanol–water partition coefficient (Wildman–Crippen LogP) is 6.05. The third-order valence-corrected chi connectivity index (χ3v) is 5.23. The SMILES string of the molecule is CC1=C(C)c2ccc(CC(C)(C)C)cc2-c2cccc3c2C1=NC3. The summed E-state index contributed by atoms with van der Waals surface area (Å²) in [4.78, 5) is 4.85. The van der Waals surface area contributed by atoms with E-state index in [2.05, 4.69) is 71.0 Å². The number of allylic oxidation sites excluding steroid dienone is 2. The zero-order chi connectivity index (χ0) is 17.1. The number of fused-ring (bicyclic) bond motifs is 2. The van der Waals surface area contributed by atoms with Gasteiger partial charge in [0.2, 0.25) is 0 Å². The number of benzene rings is 2. The van der Waals surface area contributed by atoms with Crippen LogP contribution in [-0.2, 0) is 13.0 Å². The summed E-state index contributed by atoms with van der Waals surface area (Å²) < 4.78 is 0. The molecule has 0 unspecified atom stereocenters. The summed E-state index contributed by atoms with van der Waals surface area (Å²) in [5, 5.41) is 0. The number of hydrogen-bond acceptors (Lipinski definition) is 1. The average Bonchev–Trinajstić information content (AvgIpc) is 2.92. The molecule has 4 rings (SSSR count). The summed E-state index contributed by atoms with van der Waals surface area (Å²) in [6, 6.07) is 13.7. The van der Waals surface area contributed by atoms with Gasteiger partial charge in [-0.1, -0.05) is 57.2 Å². The van der Waals surface area contributed by atoms with Crippen molar-refractivity contribution in [3.8, 4) is 11.1 Å². The number of nitrogens with zero attached hydrogens (tertiary/aromatic N) is 1. The quantitative estimate of drug-likeness (QED) is 0.607. The van der Waals surface area contributed by atoms with Crippen LogP contribution < -0.4 is 0 Å². The van der Waals surface area contributed by atoms with E-state index in [-0.39, 0.29) is 0 Å². The first-order valence-corrected chi connectivity index (χ1v) is 8.83. The Morgan fingerprint density at radius 1 is 0.917 bits per heavy atom. The van der Waals surface area contributed by atoms with E-state index >= 15 is 0 Å². The van der Waals surface area contributed by atoms with Gasteiger partial charge in [0.25, 0.3) is 0 Å². The van der Waals surface area contributed by atoms with Gasteiger partial charge in [-0.25, -0.2) is 0 Å². The zero-order valence-corrected chi connectivity index (χ0v) is 15.3. The van der Waals surface area contributed by atoms with Crippen molar-refractivity contribution in [2.24, 2.45) is 10.4 Å². The fraction of sp³-hybridized carbons (Fsp3) is 0.348. The highest BCUT2D eigenvalue weighted by atomic mass is 14.8. The van der Waals surface area contributed by atoms with Gasteiger partial charge in [0.1, 0.15) is 0 Å². The summed E-state index contributed by atoms with van der Waals surface area (Å²) in [5.41, 5.74) is 12.4. The second-order valence-corrected chi connectivity index (χ2v) is 8.37. The van der Waals surface area contributed by atoms with Gasteiger partial charge in [0.05, 0.1) is 12.3 Å². The van der Waals surface area contributed by atoms with Crippen molar-refractivity contribution >= 4 is 11.3 Å². The fourth-order valence-corrected chi connectivity index (χ4v) is 4.03. The van der Waals surface area contributed by atoms with E-state index in [0.717, 1.165) is 13.0 Å². The highest BCUT2D eigenvalue weighted by Crippen LogP contribution is 2.42. The lowest BCUT2D eigenvalue weighted by molar-refractivity contribution is 0.411. The Morgan fingerprint density at radius 3 is 2.46 bits per heavy atom. The van der Waals surface area contributed by atoms with E-state index in [4.69, 9.17) is 4.99 Å². The Morgan fingerprint density at radius 2 is 1.71 bits per heavy atom. The van der Waals surface area contributed by atoms with E-state index < -0.39 is 0 Å². The van der Waals surface area contributed by atoms with Gasteiger partial charge in [-0.15, -0.1) is 0 Å². The van der Waals surface area contributed by atoms with E-state index in [1.807, 2.05) is 0 Å². The van der Waals surface area contributed by atoms with Gasteiger partial charge in [0, 0.05) is 5.56 Å². The van der Waals surface area contributed by atoms with Gasteiger partial charge >= 0.3 is 0 Å². The maximum absolute atomic E-state index is 4.85. The minimum Gasteiger partial charge on any atom is -0.280 e. The highest BCUT2D eigenvalue weighted by molar-refractivity contribution is 6.23.